The van der Waals surface area contributed by atoms with E-state index in [1.807, 2.05) is 6.07 Å². The third-order valence-electron chi connectivity index (χ3n) is 2.66. The van der Waals surface area contributed by atoms with Crippen LogP contribution in [0.3, 0.4) is 0 Å². The molecule has 0 spiro atoms. The summed E-state index contributed by atoms with van der Waals surface area (Å²) in [5.74, 6) is 0.836. The van der Waals surface area contributed by atoms with Crippen LogP contribution in [0.4, 0.5) is 0 Å². The van der Waals surface area contributed by atoms with Crippen molar-refractivity contribution >= 4 is 12.0 Å². The van der Waals surface area contributed by atoms with Gasteiger partial charge in [0.05, 0.1) is 6.61 Å². The zero-order valence-electron chi connectivity index (χ0n) is 11.0. The Kier molecular flexibility index (Phi) is 4.58. The van der Waals surface area contributed by atoms with Crippen LogP contribution in [0, 0.1) is 11.3 Å². The van der Waals surface area contributed by atoms with E-state index < -0.39 is 5.91 Å². The molecule has 0 atom stereocenters. The minimum absolute atomic E-state index is 0.0277. The molecule has 1 amide bonds. The van der Waals surface area contributed by atoms with E-state index in [2.05, 4.69) is 5.32 Å². The van der Waals surface area contributed by atoms with E-state index >= 15 is 0 Å². The van der Waals surface area contributed by atoms with E-state index in [4.69, 9.17) is 19.5 Å². The van der Waals surface area contributed by atoms with Gasteiger partial charge in [-0.05, 0) is 23.8 Å². The van der Waals surface area contributed by atoms with Crippen LogP contribution in [0.2, 0.25) is 0 Å². The standard InChI is InChI=1S/C14H14N2O4/c1-18-5-4-16-14(17)11(8-15)6-10-2-3-12-13(7-10)20-9-19-12/h2-3,6-7H,4-5,9H2,1H3,(H,16,17). The van der Waals surface area contributed by atoms with Crippen molar-refractivity contribution in [1.82, 2.24) is 5.32 Å². The number of ether oxygens (including phenoxy) is 3. The largest absolute Gasteiger partial charge is 0.454 e. The van der Waals surface area contributed by atoms with Crippen LogP contribution in [0.5, 0.6) is 11.5 Å². The summed E-state index contributed by atoms with van der Waals surface area (Å²) in [7, 11) is 1.54. The predicted octanol–water partition coefficient (Wildman–Crippen LogP) is 1.08. The molecule has 1 heterocycles. The SMILES string of the molecule is COCCNC(=O)C(C#N)=Cc1ccc2c(c1)OCO2. The third-order valence-corrected chi connectivity index (χ3v) is 2.66. The molecule has 0 saturated heterocycles. The number of hydrogen-bond donors (Lipinski definition) is 1. The minimum Gasteiger partial charge on any atom is -0.454 e. The molecule has 0 unspecified atom stereocenters. The maximum atomic E-state index is 11.8. The highest BCUT2D eigenvalue weighted by Crippen LogP contribution is 2.33. The lowest BCUT2D eigenvalue weighted by Gasteiger charge is -2.03. The Morgan fingerprint density at radius 3 is 3.05 bits per heavy atom. The zero-order valence-corrected chi connectivity index (χ0v) is 11.0. The molecule has 1 aromatic carbocycles. The molecule has 0 bridgehead atoms. The average molecular weight is 274 g/mol. The van der Waals surface area contributed by atoms with Gasteiger partial charge in [0.15, 0.2) is 11.5 Å². The third kappa shape index (κ3) is 3.28. The van der Waals surface area contributed by atoms with E-state index in [0.717, 1.165) is 0 Å². The van der Waals surface area contributed by atoms with Crippen LogP contribution in [-0.4, -0.2) is 33.0 Å². The van der Waals surface area contributed by atoms with E-state index in [0.29, 0.717) is 30.2 Å². The van der Waals surface area contributed by atoms with Crippen LogP contribution >= 0.6 is 0 Å². The number of nitrogens with zero attached hydrogens (tertiary/aromatic N) is 1. The molecule has 20 heavy (non-hydrogen) atoms. The minimum atomic E-state index is -0.429. The first-order chi connectivity index (χ1) is 9.74. The van der Waals surface area contributed by atoms with Gasteiger partial charge in [-0.3, -0.25) is 4.79 Å². The van der Waals surface area contributed by atoms with Crippen LogP contribution in [0.15, 0.2) is 23.8 Å². The van der Waals surface area contributed by atoms with Crippen molar-refractivity contribution in [1.29, 1.82) is 5.26 Å². The molecule has 6 nitrogen and oxygen atoms in total. The number of carbonyl (C=O) groups excluding carboxylic acids is 1. The van der Waals surface area contributed by atoms with E-state index in [9.17, 15) is 4.79 Å². The highest BCUT2D eigenvalue weighted by Gasteiger charge is 2.14. The Balaban J connectivity index is 2.10. The van der Waals surface area contributed by atoms with Gasteiger partial charge in [0, 0.05) is 13.7 Å². The number of fused-ring (bicyclic) bond motifs is 1. The molecular weight excluding hydrogens is 260 g/mol. The van der Waals surface area contributed by atoms with Crippen LogP contribution in [0.25, 0.3) is 6.08 Å². The predicted molar refractivity (Wildman–Crippen MR) is 71.0 cm³/mol. The quantitative estimate of drug-likeness (QED) is 0.494. The number of nitriles is 1. The average Bonchev–Trinajstić information content (AvgIpc) is 2.92. The summed E-state index contributed by atoms with van der Waals surface area (Å²) in [6.07, 6.45) is 1.50. The van der Waals surface area contributed by atoms with Crippen LogP contribution < -0.4 is 14.8 Å². The topological polar surface area (TPSA) is 80.6 Å². The number of amides is 1. The summed E-state index contributed by atoms with van der Waals surface area (Å²) in [5.41, 5.74) is 0.729. The van der Waals surface area contributed by atoms with Crippen molar-refractivity contribution in [3.63, 3.8) is 0 Å². The lowest BCUT2D eigenvalue weighted by molar-refractivity contribution is -0.117. The molecule has 1 aliphatic heterocycles. The number of nitrogens with one attached hydrogen (secondary N) is 1. The molecule has 0 radical (unpaired) electrons. The summed E-state index contributed by atoms with van der Waals surface area (Å²) in [5, 5.41) is 11.6. The number of carbonyl (C=O) groups is 1. The van der Waals surface area contributed by atoms with E-state index in [1.54, 1.807) is 25.3 Å². The molecule has 1 N–H and O–H groups in total. The summed E-state index contributed by atoms with van der Waals surface area (Å²) in [6, 6.07) is 7.10. The first-order valence-corrected chi connectivity index (χ1v) is 6.03. The number of methoxy groups -OCH3 is 1. The van der Waals surface area contributed by atoms with Gasteiger partial charge in [-0.2, -0.15) is 5.26 Å². The lowest BCUT2D eigenvalue weighted by atomic mass is 10.1. The normalized spacial score (nSPS) is 12.9. The first kappa shape index (κ1) is 13.9. The highest BCUT2D eigenvalue weighted by atomic mass is 16.7. The zero-order chi connectivity index (χ0) is 14.4. The highest BCUT2D eigenvalue weighted by molar-refractivity contribution is 6.01. The number of rotatable bonds is 5. The van der Waals surface area contributed by atoms with Gasteiger partial charge in [-0.25, -0.2) is 0 Å². The molecule has 2 rings (SSSR count). The van der Waals surface area contributed by atoms with Crippen LogP contribution in [0.1, 0.15) is 5.56 Å². The molecular formula is C14H14N2O4. The number of benzene rings is 1. The van der Waals surface area contributed by atoms with E-state index in [-0.39, 0.29) is 12.4 Å². The van der Waals surface area contributed by atoms with E-state index in [1.165, 1.54) is 6.08 Å². The Bertz CT molecular complexity index is 575. The summed E-state index contributed by atoms with van der Waals surface area (Å²) in [4.78, 5) is 11.8. The first-order valence-electron chi connectivity index (χ1n) is 6.03. The number of hydrogen-bond acceptors (Lipinski definition) is 5. The van der Waals surface area contributed by atoms with Crippen LogP contribution in [-0.2, 0) is 9.53 Å². The fraction of sp³-hybridized carbons (Fsp3) is 0.286. The van der Waals surface area contributed by atoms with Gasteiger partial charge in [0.25, 0.3) is 5.91 Å². The summed E-state index contributed by atoms with van der Waals surface area (Å²) < 4.78 is 15.3. The van der Waals surface area contributed by atoms with Crippen molar-refractivity contribution < 1.29 is 19.0 Å². The molecule has 0 aliphatic carbocycles. The van der Waals surface area contributed by atoms with Crippen molar-refractivity contribution in [2.24, 2.45) is 0 Å². The monoisotopic (exact) mass is 274 g/mol. The summed E-state index contributed by atoms with van der Waals surface area (Å²) >= 11 is 0. The maximum Gasteiger partial charge on any atom is 0.262 e. The molecule has 1 aliphatic rings. The second-order valence-corrected chi connectivity index (χ2v) is 4.03. The second-order valence-electron chi connectivity index (χ2n) is 4.03. The van der Waals surface area contributed by atoms with Gasteiger partial charge in [-0.1, -0.05) is 6.07 Å². The Morgan fingerprint density at radius 1 is 1.50 bits per heavy atom. The maximum absolute atomic E-state index is 11.8. The molecule has 6 heteroatoms. The Morgan fingerprint density at radius 2 is 2.30 bits per heavy atom. The van der Waals surface area contributed by atoms with Gasteiger partial charge in [-0.15, -0.1) is 0 Å². The summed E-state index contributed by atoms with van der Waals surface area (Å²) in [6.45, 7) is 0.940. The smallest absolute Gasteiger partial charge is 0.262 e. The van der Waals surface area contributed by atoms with Gasteiger partial charge in [0.1, 0.15) is 11.6 Å². The van der Waals surface area contributed by atoms with Crippen molar-refractivity contribution in [3.8, 4) is 17.6 Å². The van der Waals surface area contributed by atoms with Gasteiger partial charge in [0.2, 0.25) is 6.79 Å². The lowest BCUT2D eigenvalue weighted by Crippen LogP contribution is -2.27. The molecule has 104 valence electrons. The van der Waals surface area contributed by atoms with Gasteiger partial charge >= 0.3 is 0 Å². The molecule has 0 saturated carbocycles. The Hall–Kier alpha value is -2.52. The fourth-order valence-electron chi connectivity index (χ4n) is 1.68. The second kappa shape index (κ2) is 6.59. The fourth-order valence-corrected chi connectivity index (χ4v) is 1.68. The Labute approximate surface area is 116 Å². The van der Waals surface area contributed by atoms with Crippen molar-refractivity contribution in [3.05, 3.63) is 29.3 Å². The molecule has 1 aromatic rings. The molecule has 0 aromatic heterocycles. The van der Waals surface area contributed by atoms with Gasteiger partial charge < -0.3 is 19.5 Å². The molecule has 0 fully saturated rings. The van der Waals surface area contributed by atoms with Crippen molar-refractivity contribution in [2.75, 3.05) is 27.1 Å². The van der Waals surface area contributed by atoms with Crippen molar-refractivity contribution in [2.45, 2.75) is 0 Å².